The third-order valence-electron chi connectivity index (χ3n) is 3.58. The third kappa shape index (κ3) is 6.45. The molecule has 0 N–H and O–H groups in total. The Labute approximate surface area is 152 Å². The Morgan fingerprint density at radius 1 is 0.870 bits per heavy atom. The fourth-order valence-corrected chi connectivity index (χ4v) is 2.94. The van der Waals surface area contributed by atoms with Crippen molar-refractivity contribution in [1.82, 2.24) is 0 Å². The average molecular weight is 422 g/mol. The van der Waals surface area contributed by atoms with Crippen molar-refractivity contribution >= 4 is 22.6 Å². The predicted molar refractivity (Wildman–Crippen MR) is 104 cm³/mol. The van der Waals surface area contributed by atoms with Crippen LogP contribution in [0, 0.1) is 0 Å². The van der Waals surface area contributed by atoms with Crippen LogP contribution in [0.2, 0.25) is 0 Å². The number of rotatable bonds is 10. The maximum Gasteiger partial charge on any atom is 0.102 e. The molecule has 0 bridgehead atoms. The van der Waals surface area contributed by atoms with Gasteiger partial charge in [-0.1, -0.05) is 89.3 Å². The second-order valence-electron chi connectivity index (χ2n) is 5.31. The van der Waals surface area contributed by atoms with Gasteiger partial charge in [0, 0.05) is 4.43 Å². The minimum Gasteiger partial charge on any atom is -0.370 e. The molecule has 23 heavy (non-hydrogen) atoms. The van der Waals surface area contributed by atoms with Crippen LogP contribution in [-0.2, 0) is 22.7 Å². The summed E-state index contributed by atoms with van der Waals surface area (Å²) in [7, 11) is 0. The average Bonchev–Trinajstić information content (AvgIpc) is 2.62. The molecule has 2 atom stereocenters. The molecule has 0 aliphatic carbocycles. The molecule has 2 aromatic rings. The molecule has 122 valence electrons. The molecule has 0 aromatic heterocycles. The van der Waals surface area contributed by atoms with Crippen molar-refractivity contribution < 1.29 is 9.47 Å². The summed E-state index contributed by atoms with van der Waals surface area (Å²) in [5.74, 6) is 0. The van der Waals surface area contributed by atoms with Crippen LogP contribution >= 0.6 is 22.6 Å². The van der Waals surface area contributed by atoms with Crippen molar-refractivity contribution in [2.75, 3.05) is 4.43 Å². The number of halogens is 1. The van der Waals surface area contributed by atoms with Crippen molar-refractivity contribution in [3.63, 3.8) is 0 Å². The van der Waals surface area contributed by atoms with Crippen LogP contribution in [0.4, 0.5) is 0 Å². The van der Waals surface area contributed by atoms with Gasteiger partial charge in [-0.2, -0.15) is 0 Å². The van der Waals surface area contributed by atoms with Gasteiger partial charge < -0.3 is 9.47 Å². The van der Waals surface area contributed by atoms with Crippen molar-refractivity contribution in [3.05, 3.63) is 84.4 Å². The molecule has 0 saturated carbocycles. The van der Waals surface area contributed by atoms with Crippen LogP contribution in [0.5, 0.6) is 0 Å². The van der Waals surface area contributed by atoms with Crippen LogP contribution in [-0.4, -0.2) is 16.6 Å². The standard InChI is InChI=1S/C20H23IO2/c1-2-19(22-15-17-9-5-3-6-10-17)20(13-14-21)23-16-18-11-7-4-8-12-18/h2-12,19-20H,1,13-16H2/t19-,20-/m1/s1. The summed E-state index contributed by atoms with van der Waals surface area (Å²) in [4.78, 5) is 0. The Morgan fingerprint density at radius 3 is 1.87 bits per heavy atom. The minimum absolute atomic E-state index is 0.0216. The first-order chi connectivity index (χ1) is 11.3. The zero-order valence-electron chi connectivity index (χ0n) is 13.2. The lowest BCUT2D eigenvalue weighted by molar-refractivity contribution is -0.0648. The number of benzene rings is 2. The summed E-state index contributed by atoms with van der Waals surface area (Å²) in [6.07, 6.45) is 2.71. The SMILES string of the molecule is C=C[C@@H](OCc1ccccc1)[C@@H](CCI)OCc1ccccc1. The van der Waals surface area contributed by atoms with Gasteiger partial charge in [0.25, 0.3) is 0 Å². The largest absolute Gasteiger partial charge is 0.370 e. The summed E-state index contributed by atoms with van der Waals surface area (Å²) in [6.45, 7) is 5.10. The molecule has 0 heterocycles. The summed E-state index contributed by atoms with van der Waals surface area (Å²) in [5.41, 5.74) is 2.34. The van der Waals surface area contributed by atoms with Gasteiger partial charge in [0.2, 0.25) is 0 Å². The van der Waals surface area contributed by atoms with Gasteiger partial charge in [0.15, 0.2) is 0 Å². The van der Waals surface area contributed by atoms with E-state index in [0.717, 1.165) is 16.4 Å². The van der Waals surface area contributed by atoms with Crippen molar-refractivity contribution in [3.8, 4) is 0 Å². The summed E-state index contributed by atoms with van der Waals surface area (Å²) in [6, 6.07) is 20.4. The number of alkyl halides is 1. The van der Waals surface area contributed by atoms with Crippen molar-refractivity contribution in [1.29, 1.82) is 0 Å². The van der Waals surface area contributed by atoms with Gasteiger partial charge in [-0.05, 0) is 17.5 Å². The number of hydrogen-bond acceptors (Lipinski definition) is 2. The Morgan fingerprint density at radius 2 is 1.39 bits per heavy atom. The molecule has 0 amide bonds. The Hall–Kier alpha value is -1.17. The van der Waals surface area contributed by atoms with Gasteiger partial charge in [-0.25, -0.2) is 0 Å². The van der Waals surface area contributed by atoms with Crippen molar-refractivity contribution in [2.24, 2.45) is 0 Å². The summed E-state index contributed by atoms with van der Waals surface area (Å²) < 4.78 is 13.2. The molecular weight excluding hydrogens is 399 g/mol. The zero-order valence-corrected chi connectivity index (χ0v) is 15.4. The van der Waals surface area contributed by atoms with Gasteiger partial charge in [0.1, 0.15) is 6.10 Å². The van der Waals surface area contributed by atoms with E-state index in [1.165, 1.54) is 5.56 Å². The second kappa shape index (κ2) is 10.6. The normalized spacial score (nSPS) is 13.4. The highest BCUT2D eigenvalue weighted by Gasteiger charge is 2.20. The van der Waals surface area contributed by atoms with E-state index in [1.807, 2.05) is 42.5 Å². The first-order valence-electron chi connectivity index (χ1n) is 7.83. The fraction of sp³-hybridized carbons (Fsp3) is 0.300. The molecule has 3 heteroatoms. The molecule has 0 aliphatic heterocycles. The molecular formula is C20H23IO2. The smallest absolute Gasteiger partial charge is 0.102 e. The lowest BCUT2D eigenvalue weighted by Crippen LogP contribution is -2.30. The predicted octanol–water partition coefficient (Wildman–Crippen LogP) is 5.17. The first kappa shape index (κ1) is 18.2. The van der Waals surface area contributed by atoms with E-state index in [4.69, 9.17) is 9.47 Å². The van der Waals surface area contributed by atoms with E-state index in [-0.39, 0.29) is 12.2 Å². The maximum atomic E-state index is 6.11. The molecule has 0 saturated heterocycles. The van der Waals surface area contributed by atoms with Crippen LogP contribution in [0.25, 0.3) is 0 Å². The Kier molecular flexibility index (Phi) is 8.36. The topological polar surface area (TPSA) is 18.5 Å². The van der Waals surface area contributed by atoms with Gasteiger partial charge in [-0.15, -0.1) is 6.58 Å². The molecule has 0 fully saturated rings. The van der Waals surface area contributed by atoms with Crippen molar-refractivity contribution in [2.45, 2.75) is 31.8 Å². The van der Waals surface area contributed by atoms with Crippen LogP contribution in [0.1, 0.15) is 17.5 Å². The highest BCUT2D eigenvalue weighted by molar-refractivity contribution is 14.1. The number of hydrogen-bond donors (Lipinski definition) is 0. The zero-order chi connectivity index (χ0) is 16.3. The van der Waals surface area contributed by atoms with Gasteiger partial charge >= 0.3 is 0 Å². The van der Waals surface area contributed by atoms with E-state index < -0.39 is 0 Å². The molecule has 2 rings (SSSR count). The molecule has 2 nitrogen and oxygen atoms in total. The van der Waals surface area contributed by atoms with E-state index >= 15 is 0 Å². The maximum absolute atomic E-state index is 6.11. The lowest BCUT2D eigenvalue weighted by Gasteiger charge is -2.25. The highest BCUT2D eigenvalue weighted by atomic mass is 127. The molecule has 0 radical (unpaired) electrons. The van der Waals surface area contributed by atoms with Crippen LogP contribution < -0.4 is 0 Å². The lowest BCUT2D eigenvalue weighted by atomic mass is 10.1. The molecule has 2 aromatic carbocycles. The Bertz CT molecular complexity index is 556. The molecule has 0 unspecified atom stereocenters. The van der Waals surface area contributed by atoms with E-state index in [0.29, 0.717) is 13.2 Å². The third-order valence-corrected chi connectivity index (χ3v) is 4.21. The monoisotopic (exact) mass is 422 g/mol. The fourth-order valence-electron chi connectivity index (χ4n) is 2.32. The summed E-state index contributed by atoms with van der Waals surface area (Å²) in [5, 5.41) is 0. The van der Waals surface area contributed by atoms with Crippen LogP contribution in [0.3, 0.4) is 0 Å². The van der Waals surface area contributed by atoms with Crippen LogP contribution in [0.15, 0.2) is 73.3 Å². The summed E-state index contributed by atoms with van der Waals surface area (Å²) >= 11 is 2.38. The molecule has 0 spiro atoms. The van der Waals surface area contributed by atoms with E-state index in [9.17, 15) is 0 Å². The van der Waals surface area contributed by atoms with Gasteiger partial charge in [0.05, 0.1) is 19.3 Å². The molecule has 0 aliphatic rings. The van der Waals surface area contributed by atoms with Gasteiger partial charge in [-0.3, -0.25) is 0 Å². The number of ether oxygens (including phenoxy) is 2. The van der Waals surface area contributed by atoms with E-state index in [1.54, 1.807) is 0 Å². The quantitative estimate of drug-likeness (QED) is 0.299. The minimum atomic E-state index is -0.103. The first-order valence-corrected chi connectivity index (χ1v) is 9.35. The van der Waals surface area contributed by atoms with E-state index in [2.05, 4.69) is 53.4 Å². The highest BCUT2D eigenvalue weighted by Crippen LogP contribution is 2.16. The second-order valence-corrected chi connectivity index (χ2v) is 6.39. The Balaban J connectivity index is 1.91.